The van der Waals surface area contributed by atoms with E-state index in [1.165, 1.54) is 25.3 Å². The molecule has 0 unspecified atom stereocenters. The van der Waals surface area contributed by atoms with Crippen molar-refractivity contribution in [2.75, 3.05) is 13.2 Å². The molecule has 0 atom stereocenters. The molecule has 0 spiro atoms. The second kappa shape index (κ2) is 8.92. The summed E-state index contributed by atoms with van der Waals surface area (Å²) in [7, 11) is 0. The van der Waals surface area contributed by atoms with Gasteiger partial charge in [0.1, 0.15) is 11.6 Å². The van der Waals surface area contributed by atoms with Gasteiger partial charge in [0, 0.05) is 12.6 Å². The van der Waals surface area contributed by atoms with Crippen molar-refractivity contribution in [3.63, 3.8) is 0 Å². The van der Waals surface area contributed by atoms with Crippen molar-refractivity contribution < 1.29 is 9.13 Å². The topological polar surface area (TPSA) is 21.3 Å². The molecule has 1 N–H and O–H groups in total. The van der Waals surface area contributed by atoms with Crippen molar-refractivity contribution in [2.24, 2.45) is 0 Å². The van der Waals surface area contributed by atoms with Crippen LogP contribution >= 0.6 is 0 Å². The van der Waals surface area contributed by atoms with Gasteiger partial charge in [-0.25, -0.2) is 4.39 Å². The van der Waals surface area contributed by atoms with E-state index >= 15 is 0 Å². The first-order chi connectivity index (χ1) is 8.76. The van der Waals surface area contributed by atoms with Crippen LogP contribution in [0.1, 0.15) is 45.1 Å². The van der Waals surface area contributed by atoms with Crippen LogP contribution in [0.15, 0.2) is 18.2 Å². The Hall–Kier alpha value is -1.09. The van der Waals surface area contributed by atoms with Crippen LogP contribution in [-0.4, -0.2) is 13.2 Å². The zero-order valence-corrected chi connectivity index (χ0v) is 11.5. The Labute approximate surface area is 110 Å². The first-order valence-electron chi connectivity index (χ1n) is 6.89. The van der Waals surface area contributed by atoms with Crippen LogP contribution in [0.5, 0.6) is 5.75 Å². The van der Waals surface area contributed by atoms with Gasteiger partial charge in [-0.2, -0.15) is 0 Å². The zero-order chi connectivity index (χ0) is 13.2. The molecule has 0 saturated heterocycles. The maximum absolute atomic E-state index is 13.4. The SMILES string of the molecule is CCCCCCOc1cc(F)cc(CNCC)c1. The summed E-state index contributed by atoms with van der Waals surface area (Å²) in [4.78, 5) is 0. The normalized spacial score (nSPS) is 10.6. The summed E-state index contributed by atoms with van der Waals surface area (Å²) in [6.45, 7) is 6.44. The first-order valence-corrected chi connectivity index (χ1v) is 6.89. The van der Waals surface area contributed by atoms with Crippen molar-refractivity contribution in [1.82, 2.24) is 5.32 Å². The number of ether oxygens (including phenoxy) is 1. The van der Waals surface area contributed by atoms with E-state index in [9.17, 15) is 4.39 Å². The molecule has 0 amide bonds. The van der Waals surface area contributed by atoms with Gasteiger partial charge in [0.25, 0.3) is 0 Å². The summed E-state index contributed by atoms with van der Waals surface area (Å²) in [6, 6.07) is 4.91. The van der Waals surface area contributed by atoms with Crippen molar-refractivity contribution in [3.05, 3.63) is 29.6 Å². The molecule has 0 bridgehead atoms. The molecular weight excluding hydrogens is 229 g/mol. The molecular formula is C15H24FNO. The van der Waals surface area contributed by atoms with Gasteiger partial charge >= 0.3 is 0 Å². The zero-order valence-electron chi connectivity index (χ0n) is 11.5. The van der Waals surface area contributed by atoms with Crippen LogP contribution in [0, 0.1) is 5.82 Å². The van der Waals surface area contributed by atoms with Crippen molar-refractivity contribution in [2.45, 2.75) is 46.1 Å². The predicted molar refractivity (Wildman–Crippen MR) is 73.4 cm³/mol. The Kier molecular flexibility index (Phi) is 7.42. The largest absolute Gasteiger partial charge is 0.493 e. The van der Waals surface area contributed by atoms with E-state index in [2.05, 4.69) is 12.2 Å². The average Bonchev–Trinajstić information content (AvgIpc) is 2.35. The molecule has 0 radical (unpaired) electrons. The smallest absolute Gasteiger partial charge is 0.127 e. The summed E-state index contributed by atoms with van der Waals surface area (Å²) in [5.41, 5.74) is 0.931. The Bertz CT molecular complexity index is 341. The quantitative estimate of drug-likeness (QED) is 0.674. The lowest BCUT2D eigenvalue weighted by Gasteiger charge is -2.09. The first kappa shape index (κ1) is 15.0. The predicted octanol–water partition coefficient (Wildman–Crippen LogP) is 3.89. The number of unbranched alkanes of at least 4 members (excludes halogenated alkanes) is 3. The van der Waals surface area contributed by atoms with E-state index in [0.29, 0.717) is 18.9 Å². The van der Waals surface area contributed by atoms with Crippen molar-refractivity contribution in [1.29, 1.82) is 0 Å². The fourth-order valence-electron chi connectivity index (χ4n) is 1.79. The van der Waals surface area contributed by atoms with E-state index in [-0.39, 0.29) is 5.82 Å². The van der Waals surface area contributed by atoms with Crippen LogP contribution in [0.25, 0.3) is 0 Å². The number of hydrogen-bond donors (Lipinski definition) is 1. The molecule has 0 fully saturated rings. The number of benzene rings is 1. The van der Waals surface area contributed by atoms with Crippen LogP contribution in [-0.2, 0) is 6.54 Å². The van der Waals surface area contributed by atoms with Crippen LogP contribution in [0.2, 0.25) is 0 Å². The van der Waals surface area contributed by atoms with Gasteiger partial charge in [-0.1, -0.05) is 33.1 Å². The molecule has 0 aromatic heterocycles. The molecule has 0 saturated carbocycles. The number of nitrogens with one attached hydrogen (secondary N) is 1. The van der Waals surface area contributed by atoms with Gasteiger partial charge in [0.05, 0.1) is 6.61 Å². The lowest BCUT2D eigenvalue weighted by atomic mass is 10.2. The Balaban J connectivity index is 2.41. The molecule has 0 heterocycles. The number of halogens is 1. The number of rotatable bonds is 9. The fourth-order valence-corrected chi connectivity index (χ4v) is 1.79. The Morgan fingerprint density at radius 3 is 2.67 bits per heavy atom. The monoisotopic (exact) mass is 253 g/mol. The van der Waals surface area contributed by atoms with E-state index in [1.807, 2.05) is 13.0 Å². The highest BCUT2D eigenvalue weighted by atomic mass is 19.1. The molecule has 0 aliphatic carbocycles. The van der Waals surface area contributed by atoms with Gasteiger partial charge in [0.2, 0.25) is 0 Å². The van der Waals surface area contributed by atoms with Gasteiger partial charge in [-0.15, -0.1) is 0 Å². The van der Waals surface area contributed by atoms with Crippen LogP contribution in [0.3, 0.4) is 0 Å². The van der Waals surface area contributed by atoms with Gasteiger partial charge < -0.3 is 10.1 Å². The molecule has 3 heteroatoms. The summed E-state index contributed by atoms with van der Waals surface area (Å²) in [5.74, 6) is 0.411. The minimum Gasteiger partial charge on any atom is -0.493 e. The van der Waals surface area contributed by atoms with E-state index in [0.717, 1.165) is 18.5 Å². The van der Waals surface area contributed by atoms with Crippen molar-refractivity contribution in [3.8, 4) is 5.75 Å². The van der Waals surface area contributed by atoms with Gasteiger partial charge in [-0.3, -0.25) is 0 Å². The van der Waals surface area contributed by atoms with Crippen molar-refractivity contribution >= 4 is 0 Å². The highest BCUT2D eigenvalue weighted by Crippen LogP contribution is 2.17. The highest BCUT2D eigenvalue weighted by molar-refractivity contribution is 5.29. The molecule has 2 nitrogen and oxygen atoms in total. The third-order valence-electron chi connectivity index (χ3n) is 2.78. The molecule has 1 aromatic rings. The van der Waals surface area contributed by atoms with E-state index < -0.39 is 0 Å². The average molecular weight is 253 g/mol. The molecule has 1 rings (SSSR count). The molecule has 102 valence electrons. The van der Waals surface area contributed by atoms with Crippen LogP contribution in [0.4, 0.5) is 4.39 Å². The number of hydrogen-bond acceptors (Lipinski definition) is 2. The Morgan fingerprint density at radius 1 is 1.11 bits per heavy atom. The van der Waals surface area contributed by atoms with Crippen LogP contribution < -0.4 is 10.1 Å². The second-order valence-corrected chi connectivity index (χ2v) is 4.48. The highest BCUT2D eigenvalue weighted by Gasteiger charge is 2.01. The lowest BCUT2D eigenvalue weighted by molar-refractivity contribution is 0.303. The Morgan fingerprint density at radius 2 is 1.94 bits per heavy atom. The van der Waals surface area contributed by atoms with E-state index in [1.54, 1.807) is 6.07 Å². The van der Waals surface area contributed by atoms with Gasteiger partial charge in [-0.05, 0) is 30.7 Å². The molecule has 0 aliphatic heterocycles. The van der Waals surface area contributed by atoms with Gasteiger partial charge in [0.15, 0.2) is 0 Å². The third-order valence-corrected chi connectivity index (χ3v) is 2.78. The summed E-state index contributed by atoms with van der Waals surface area (Å²) < 4.78 is 19.0. The minimum absolute atomic E-state index is 0.228. The standard InChI is InChI=1S/C15H24FNO/c1-3-5-6-7-8-18-15-10-13(12-17-4-2)9-14(16)11-15/h9-11,17H,3-8,12H2,1-2H3. The summed E-state index contributed by atoms with van der Waals surface area (Å²) in [6.07, 6.45) is 4.66. The lowest BCUT2D eigenvalue weighted by Crippen LogP contribution is -2.12. The third kappa shape index (κ3) is 6.01. The maximum atomic E-state index is 13.4. The molecule has 1 aromatic carbocycles. The summed E-state index contributed by atoms with van der Waals surface area (Å²) in [5, 5.41) is 3.18. The molecule has 18 heavy (non-hydrogen) atoms. The molecule has 0 aliphatic rings. The minimum atomic E-state index is -0.228. The second-order valence-electron chi connectivity index (χ2n) is 4.48. The maximum Gasteiger partial charge on any atom is 0.127 e. The fraction of sp³-hybridized carbons (Fsp3) is 0.600. The summed E-state index contributed by atoms with van der Waals surface area (Å²) >= 11 is 0. The van der Waals surface area contributed by atoms with E-state index in [4.69, 9.17) is 4.74 Å².